The molecule has 4 aromatic rings. The summed E-state index contributed by atoms with van der Waals surface area (Å²) in [5.41, 5.74) is 3.96. The minimum absolute atomic E-state index is 0.236. The highest BCUT2D eigenvalue weighted by atomic mass is 16.5. The number of guanidine groups is 1. The molecule has 0 bridgehead atoms. The van der Waals surface area contributed by atoms with Crippen molar-refractivity contribution in [2.75, 3.05) is 32.5 Å². The van der Waals surface area contributed by atoms with Crippen LogP contribution in [0.5, 0.6) is 11.5 Å². The Morgan fingerprint density at radius 2 is 1.91 bits per heavy atom. The van der Waals surface area contributed by atoms with E-state index in [4.69, 9.17) is 19.5 Å². The number of aromatic nitrogens is 3. The van der Waals surface area contributed by atoms with Crippen LogP contribution in [0, 0.1) is 0 Å². The highest BCUT2D eigenvalue weighted by molar-refractivity contribution is 5.99. The molecule has 2 aromatic carbocycles. The number of pyridine rings is 1. The molecule has 2 aliphatic heterocycles. The van der Waals surface area contributed by atoms with Crippen LogP contribution >= 0.6 is 0 Å². The van der Waals surface area contributed by atoms with E-state index in [-0.39, 0.29) is 6.17 Å². The van der Waals surface area contributed by atoms with E-state index in [9.17, 15) is 0 Å². The number of hydrogen-bond donors (Lipinski definition) is 1. The van der Waals surface area contributed by atoms with Gasteiger partial charge in [0.05, 0.1) is 44.3 Å². The van der Waals surface area contributed by atoms with Crippen LogP contribution in [0.2, 0.25) is 0 Å². The molecule has 0 saturated heterocycles. The second-order valence-corrected chi connectivity index (χ2v) is 8.27. The summed E-state index contributed by atoms with van der Waals surface area (Å²) >= 11 is 0. The van der Waals surface area contributed by atoms with Gasteiger partial charge in [0, 0.05) is 24.4 Å². The number of fused-ring (bicyclic) bond motifs is 5. The van der Waals surface area contributed by atoms with Crippen molar-refractivity contribution >= 4 is 22.9 Å². The first-order valence-corrected chi connectivity index (χ1v) is 11.1. The van der Waals surface area contributed by atoms with E-state index in [0.29, 0.717) is 19.9 Å². The smallest absolute Gasteiger partial charge is 0.216 e. The van der Waals surface area contributed by atoms with E-state index in [2.05, 4.69) is 30.7 Å². The third-order valence-corrected chi connectivity index (χ3v) is 6.21. The molecule has 0 unspecified atom stereocenters. The first-order valence-electron chi connectivity index (χ1n) is 11.1. The van der Waals surface area contributed by atoms with Gasteiger partial charge in [-0.1, -0.05) is 18.2 Å². The van der Waals surface area contributed by atoms with Crippen LogP contribution in [-0.2, 0) is 6.54 Å². The standard InChI is InChI=1S/C25H25N7O2/c1-33-18-10-11-19(22(13-18)34-2)23-29-24-27-15-30(14-17-7-5-6-12-26-17)16-31(24)25-28-20-8-3-4-9-21(20)32(23)25/h3-13,23H,14-16H2,1-2H3,(H,27,29)/t23-/m1/s1. The lowest BCUT2D eigenvalue weighted by atomic mass is 10.1. The fraction of sp³-hybridized carbons (Fsp3) is 0.240. The fourth-order valence-corrected chi connectivity index (χ4v) is 4.59. The number of hydrogen-bond acceptors (Lipinski definition) is 8. The van der Waals surface area contributed by atoms with Gasteiger partial charge in [-0.25, -0.2) is 9.98 Å². The maximum absolute atomic E-state index is 5.74. The van der Waals surface area contributed by atoms with Crippen LogP contribution in [0.1, 0.15) is 17.4 Å². The van der Waals surface area contributed by atoms with Crippen LogP contribution < -0.4 is 19.7 Å². The first kappa shape index (κ1) is 20.5. The summed E-state index contributed by atoms with van der Waals surface area (Å²) in [5, 5.41) is 3.64. The fourth-order valence-electron chi connectivity index (χ4n) is 4.59. The number of aliphatic imine (C=N–C) groups is 1. The molecule has 1 N–H and O–H groups in total. The number of nitrogens with one attached hydrogen (secondary N) is 1. The van der Waals surface area contributed by atoms with E-state index < -0.39 is 0 Å². The largest absolute Gasteiger partial charge is 0.497 e. The van der Waals surface area contributed by atoms with Crippen molar-refractivity contribution in [1.82, 2.24) is 24.8 Å². The minimum atomic E-state index is -0.236. The van der Waals surface area contributed by atoms with Gasteiger partial charge in [0.1, 0.15) is 17.7 Å². The quantitative estimate of drug-likeness (QED) is 0.495. The monoisotopic (exact) mass is 455 g/mol. The third-order valence-electron chi connectivity index (χ3n) is 6.21. The minimum Gasteiger partial charge on any atom is -0.497 e. The second kappa shape index (κ2) is 8.35. The summed E-state index contributed by atoms with van der Waals surface area (Å²) in [4.78, 5) is 18.7. The summed E-state index contributed by atoms with van der Waals surface area (Å²) in [5.74, 6) is 3.12. The first-order chi connectivity index (χ1) is 16.7. The molecule has 4 heterocycles. The van der Waals surface area contributed by atoms with Gasteiger partial charge in [-0.3, -0.25) is 19.4 Å². The molecular formula is C25H25N7O2. The molecule has 1 atom stereocenters. The van der Waals surface area contributed by atoms with Crippen molar-refractivity contribution in [3.63, 3.8) is 0 Å². The molecule has 0 aliphatic carbocycles. The summed E-state index contributed by atoms with van der Waals surface area (Å²) in [6, 6.07) is 20.0. The molecule has 0 amide bonds. The van der Waals surface area contributed by atoms with Gasteiger partial charge < -0.3 is 14.8 Å². The summed E-state index contributed by atoms with van der Waals surface area (Å²) in [6.07, 6.45) is 1.59. The number of ether oxygens (including phenoxy) is 2. The molecule has 9 heteroatoms. The molecule has 0 saturated carbocycles. The van der Waals surface area contributed by atoms with Crippen LogP contribution in [0.25, 0.3) is 11.0 Å². The average molecular weight is 456 g/mol. The molecule has 0 spiro atoms. The van der Waals surface area contributed by atoms with E-state index in [1.807, 2.05) is 60.8 Å². The molecule has 2 aliphatic rings. The van der Waals surface area contributed by atoms with Crippen molar-refractivity contribution < 1.29 is 9.47 Å². The Balaban J connectivity index is 1.44. The number of rotatable bonds is 5. The number of anilines is 1. The predicted molar refractivity (Wildman–Crippen MR) is 130 cm³/mol. The van der Waals surface area contributed by atoms with Crippen molar-refractivity contribution in [2.45, 2.75) is 12.7 Å². The van der Waals surface area contributed by atoms with Gasteiger partial charge in [0.25, 0.3) is 0 Å². The summed E-state index contributed by atoms with van der Waals surface area (Å²) in [6.45, 7) is 1.93. The SMILES string of the molecule is COc1ccc([C@@H]2NC3=NCN(Cc4ccccn4)CN3c3nc4ccccc4n32)c(OC)c1. The second-order valence-electron chi connectivity index (χ2n) is 8.27. The van der Waals surface area contributed by atoms with Crippen LogP contribution in [0.15, 0.2) is 71.9 Å². The molecule has 0 radical (unpaired) electrons. The molecule has 2 aromatic heterocycles. The normalized spacial score (nSPS) is 17.5. The van der Waals surface area contributed by atoms with Crippen molar-refractivity contribution in [3.8, 4) is 11.5 Å². The Hall–Kier alpha value is -4.11. The van der Waals surface area contributed by atoms with Crippen molar-refractivity contribution in [3.05, 3.63) is 78.1 Å². The number of methoxy groups -OCH3 is 2. The molecule has 6 rings (SSSR count). The van der Waals surface area contributed by atoms with Crippen LogP contribution in [-0.4, -0.2) is 53.0 Å². The third kappa shape index (κ3) is 3.41. The highest BCUT2D eigenvalue weighted by Gasteiger charge is 2.37. The van der Waals surface area contributed by atoms with Gasteiger partial charge in [-0.15, -0.1) is 0 Å². The zero-order chi connectivity index (χ0) is 23.1. The van der Waals surface area contributed by atoms with Gasteiger partial charge in [0.2, 0.25) is 11.9 Å². The molecule has 0 fully saturated rings. The molecular weight excluding hydrogens is 430 g/mol. The van der Waals surface area contributed by atoms with E-state index in [1.54, 1.807) is 14.2 Å². The number of para-hydroxylation sites is 2. The van der Waals surface area contributed by atoms with Crippen molar-refractivity contribution in [2.24, 2.45) is 4.99 Å². The lowest BCUT2D eigenvalue weighted by molar-refractivity contribution is 0.260. The Morgan fingerprint density at radius 3 is 2.74 bits per heavy atom. The van der Waals surface area contributed by atoms with Crippen LogP contribution in [0.4, 0.5) is 5.95 Å². The summed E-state index contributed by atoms with van der Waals surface area (Å²) < 4.78 is 13.4. The lowest BCUT2D eigenvalue weighted by Gasteiger charge is -2.41. The van der Waals surface area contributed by atoms with Gasteiger partial charge >= 0.3 is 0 Å². The lowest BCUT2D eigenvalue weighted by Crippen LogP contribution is -2.57. The van der Waals surface area contributed by atoms with Gasteiger partial charge in [-0.2, -0.15) is 0 Å². The van der Waals surface area contributed by atoms with Crippen molar-refractivity contribution in [1.29, 1.82) is 0 Å². The van der Waals surface area contributed by atoms with Gasteiger partial charge in [-0.05, 0) is 36.4 Å². The van der Waals surface area contributed by atoms with Crippen LogP contribution in [0.3, 0.4) is 0 Å². The van der Waals surface area contributed by atoms with E-state index in [1.165, 1.54) is 0 Å². The zero-order valence-corrected chi connectivity index (χ0v) is 19.0. The molecule has 34 heavy (non-hydrogen) atoms. The Morgan fingerprint density at radius 1 is 1.03 bits per heavy atom. The molecule has 9 nitrogen and oxygen atoms in total. The highest BCUT2D eigenvalue weighted by Crippen LogP contribution is 2.38. The maximum atomic E-state index is 5.74. The summed E-state index contributed by atoms with van der Waals surface area (Å²) in [7, 11) is 3.33. The number of imidazole rings is 1. The number of nitrogens with zero attached hydrogens (tertiary/aromatic N) is 6. The van der Waals surface area contributed by atoms with E-state index in [0.717, 1.165) is 45.7 Å². The number of benzene rings is 2. The Labute approximate surface area is 197 Å². The Kier molecular flexibility index (Phi) is 5.03. The van der Waals surface area contributed by atoms with Gasteiger partial charge in [0.15, 0.2) is 0 Å². The average Bonchev–Trinajstić information content (AvgIpc) is 3.29. The predicted octanol–water partition coefficient (Wildman–Crippen LogP) is 3.19. The zero-order valence-electron chi connectivity index (χ0n) is 19.0. The Bertz CT molecular complexity index is 1370. The maximum Gasteiger partial charge on any atom is 0.216 e. The molecule has 172 valence electrons. The van der Waals surface area contributed by atoms with E-state index >= 15 is 0 Å². The topological polar surface area (TPSA) is 80.0 Å².